The van der Waals surface area contributed by atoms with E-state index >= 15 is 0 Å². The molecule has 2 heteroatoms. The highest BCUT2D eigenvalue weighted by Gasteiger charge is 2.10. The first kappa shape index (κ1) is 11.0. The van der Waals surface area contributed by atoms with Crippen LogP contribution < -0.4 is 4.74 Å². The highest BCUT2D eigenvalue weighted by Crippen LogP contribution is 2.27. The number of hydrogen-bond acceptors (Lipinski definition) is 2. The van der Waals surface area contributed by atoms with Crippen LogP contribution in [-0.4, -0.2) is 11.6 Å². The van der Waals surface area contributed by atoms with Crippen molar-refractivity contribution < 1.29 is 4.74 Å². The molecule has 0 bridgehead atoms. The third-order valence-electron chi connectivity index (χ3n) is 2.33. The zero-order valence-corrected chi connectivity index (χ0v) is 9.29. The fourth-order valence-electron chi connectivity index (χ4n) is 1.62. The third-order valence-corrected chi connectivity index (χ3v) is 2.33. The Labute approximate surface area is 86.3 Å². The van der Waals surface area contributed by atoms with E-state index in [0.717, 1.165) is 5.88 Å². The van der Waals surface area contributed by atoms with Gasteiger partial charge in [-0.2, -0.15) is 0 Å². The van der Waals surface area contributed by atoms with Gasteiger partial charge in [-0.3, -0.25) is 0 Å². The van der Waals surface area contributed by atoms with Crippen LogP contribution in [0.5, 0.6) is 5.88 Å². The molecule has 0 aromatic carbocycles. The number of ether oxygens (including phenoxy) is 1. The van der Waals surface area contributed by atoms with Gasteiger partial charge in [0.05, 0.1) is 6.61 Å². The van der Waals surface area contributed by atoms with E-state index in [4.69, 9.17) is 4.74 Å². The summed E-state index contributed by atoms with van der Waals surface area (Å²) < 4.78 is 5.49. The molecule has 0 N–H and O–H groups in total. The zero-order chi connectivity index (χ0) is 10.4. The largest absolute Gasteiger partial charge is 0.478 e. The van der Waals surface area contributed by atoms with E-state index in [9.17, 15) is 0 Å². The molecule has 1 rings (SSSR count). The Morgan fingerprint density at radius 2 is 2.21 bits per heavy atom. The fourth-order valence-corrected chi connectivity index (χ4v) is 1.62. The molecular formula is C12H19NO. The standard InChI is InChI=1S/C12H19NO/c1-4-7-10(3)11-8-6-9-13-12(11)14-5-2/h6,8-10H,4-5,7H2,1-3H3/t10-/m0/s1. The topological polar surface area (TPSA) is 22.1 Å². The average molecular weight is 193 g/mol. The van der Waals surface area contributed by atoms with Gasteiger partial charge in [-0.15, -0.1) is 0 Å². The quantitative estimate of drug-likeness (QED) is 0.715. The first-order valence-electron chi connectivity index (χ1n) is 5.37. The molecule has 0 aliphatic carbocycles. The molecular weight excluding hydrogens is 174 g/mol. The van der Waals surface area contributed by atoms with Gasteiger partial charge in [0.2, 0.25) is 5.88 Å². The molecule has 0 saturated heterocycles. The average Bonchev–Trinajstić information content (AvgIpc) is 2.19. The van der Waals surface area contributed by atoms with Gasteiger partial charge in [0.25, 0.3) is 0 Å². The maximum atomic E-state index is 5.49. The summed E-state index contributed by atoms with van der Waals surface area (Å²) in [5, 5.41) is 0. The molecule has 0 amide bonds. The van der Waals surface area contributed by atoms with E-state index in [1.807, 2.05) is 13.0 Å². The van der Waals surface area contributed by atoms with Gasteiger partial charge < -0.3 is 4.74 Å². The van der Waals surface area contributed by atoms with E-state index in [2.05, 4.69) is 24.9 Å². The van der Waals surface area contributed by atoms with Gasteiger partial charge in [-0.05, 0) is 25.3 Å². The highest BCUT2D eigenvalue weighted by atomic mass is 16.5. The van der Waals surface area contributed by atoms with Crippen LogP contribution in [0.1, 0.15) is 45.1 Å². The van der Waals surface area contributed by atoms with Crippen LogP contribution in [0.3, 0.4) is 0 Å². The molecule has 0 aliphatic rings. The molecule has 0 fully saturated rings. The van der Waals surface area contributed by atoms with E-state index in [1.54, 1.807) is 6.20 Å². The minimum absolute atomic E-state index is 0.537. The summed E-state index contributed by atoms with van der Waals surface area (Å²) in [6, 6.07) is 4.09. The molecule has 0 aliphatic heterocycles. The van der Waals surface area contributed by atoms with Gasteiger partial charge in [0.15, 0.2) is 0 Å². The Morgan fingerprint density at radius 1 is 1.43 bits per heavy atom. The van der Waals surface area contributed by atoms with Crippen LogP contribution in [0.25, 0.3) is 0 Å². The lowest BCUT2D eigenvalue weighted by Crippen LogP contribution is -2.02. The van der Waals surface area contributed by atoms with E-state index < -0.39 is 0 Å². The lowest BCUT2D eigenvalue weighted by atomic mass is 9.98. The number of aromatic nitrogens is 1. The Balaban J connectivity index is 2.82. The second kappa shape index (κ2) is 5.63. The SMILES string of the molecule is CCC[C@H](C)c1cccnc1OCC. The molecule has 1 atom stereocenters. The van der Waals surface area contributed by atoms with Crippen molar-refractivity contribution in [1.29, 1.82) is 0 Å². The normalized spacial score (nSPS) is 12.5. The zero-order valence-electron chi connectivity index (χ0n) is 9.29. The van der Waals surface area contributed by atoms with Gasteiger partial charge in [-0.1, -0.05) is 26.3 Å². The molecule has 1 heterocycles. The van der Waals surface area contributed by atoms with Crippen LogP contribution in [0.4, 0.5) is 0 Å². The fraction of sp³-hybridized carbons (Fsp3) is 0.583. The van der Waals surface area contributed by atoms with Crippen LogP contribution in [0, 0.1) is 0 Å². The van der Waals surface area contributed by atoms with Crippen molar-refractivity contribution in [2.45, 2.75) is 39.5 Å². The number of pyridine rings is 1. The smallest absolute Gasteiger partial charge is 0.216 e. The van der Waals surface area contributed by atoms with Crippen molar-refractivity contribution in [3.63, 3.8) is 0 Å². The van der Waals surface area contributed by atoms with Gasteiger partial charge in [0, 0.05) is 11.8 Å². The summed E-state index contributed by atoms with van der Waals surface area (Å²) >= 11 is 0. The molecule has 0 spiro atoms. The summed E-state index contributed by atoms with van der Waals surface area (Å²) in [5.74, 6) is 1.34. The monoisotopic (exact) mass is 193 g/mol. The number of rotatable bonds is 5. The molecule has 0 saturated carbocycles. The molecule has 78 valence electrons. The lowest BCUT2D eigenvalue weighted by Gasteiger charge is -2.14. The predicted molar refractivity (Wildman–Crippen MR) is 58.7 cm³/mol. The van der Waals surface area contributed by atoms with Gasteiger partial charge in [0.1, 0.15) is 0 Å². The summed E-state index contributed by atoms with van der Waals surface area (Å²) in [5.41, 5.74) is 1.23. The second-order valence-electron chi connectivity index (χ2n) is 3.52. The predicted octanol–water partition coefficient (Wildman–Crippen LogP) is 3.38. The van der Waals surface area contributed by atoms with Gasteiger partial charge in [-0.25, -0.2) is 4.98 Å². The molecule has 1 aromatic heterocycles. The first-order valence-corrected chi connectivity index (χ1v) is 5.37. The van der Waals surface area contributed by atoms with E-state index in [-0.39, 0.29) is 0 Å². The van der Waals surface area contributed by atoms with Crippen LogP contribution in [0.2, 0.25) is 0 Å². The van der Waals surface area contributed by atoms with Crippen LogP contribution in [-0.2, 0) is 0 Å². The first-order chi connectivity index (χ1) is 6.79. The molecule has 0 radical (unpaired) electrons. The van der Waals surface area contributed by atoms with Crippen molar-refractivity contribution in [2.24, 2.45) is 0 Å². The van der Waals surface area contributed by atoms with E-state index in [1.165, 1.54) is 18.4 Å². The summed E-state index contributed by atoms with van der Waals surface area (Å²) in [6.45, 7) is 7.10. The van der Waals surface area contributed by atoms with Crippen LogP contribution >= 0.6 is 0 Å². The van der Waals surface area contributed by atoms with Gasteiger partial charge >= 0.3 is 0 Å². The highest BCUT2D eigenvalue weighted by molar-refractivity contribution is 5.28. The summed E-state index contributed by atoms with van der Waals surface area (Å²) in [4.78, 5) is 4.25. The summed E-state index contributed by atoms with van der Waals surface area (Å²) in [7, 11) is 0. The lowest BCUT2D eigenvalue weighted by molar-refractivity contribution is 0.320. The van der Waals surface area contributed by atoms with Crippen molar-refractivity contribution in [3.05, 3.63) is 23.9 Å². The number of hydrogen-bond donors (Lipinski definition) is 0. The Kier molecular flexibility index (Phi) is 4.44. The maximum absolute atomic E-state index is 5.49. The Morgan fingerprint density at radius 3 is 2.86 bits per heavy atom. The molecule has 2 nitrogen and oxygen atoms in total. The Hall–Kier alpha value is -1.05. The maximum Gasteiger partial charge on any atom is 0.216 e. The van der Waals surface area contributed by atoms with Crippen molar-refractivity contribution in [1.82, 2.24) is 4.98 Å². The second-order valence-corrected chi connectivity index (χ2v) is 3.52. The minimum Gasteiger partial charge on any atom is -0.478 e. The molecule has 1 aromatic rings. The van der Waals surface area contributed by atoms with E-state index in [0.29, 0.717) is 12.5 Å². The summed E-state index contributed by atoms with van der Waals surface area (Å²) in [6.07, 6.45) is 4.17. The molecule has 0 unspecified atom stereocenters. The number of nitrogens with zero attached hydrogens (tertiary/aromatic N) is 1. The van der Waals surface area contributed by atoms with Crippen molar-refractivity contribution in [2.75, 3.05) is 6.61 Å². The van der Waals surface area contributed by atoms with Crippen LogP contribution in [0.15, 0.2) is 18.3 Å². The minimum atomic E-state index is 0.537. The van der Waals surface area contributed by atoms with Crippen molar-refractivity contribution in [3.8, 4) is 5.88 Å². The van der Waals surface area contributed by atoms with Crippen molar-refractivity contribution >= 4 is 0 Å². The molecule has 14 heavy (non-hydrogen) atoms. The third kappa shape index (κ3) is 2.72. The Bertz CT molecular complexity index is 273.